The number of rotatable bonds is 4. The molecule has 11 heteroatoms. The van der Waals surface area contributed by atoms with Crippen LogP contribution in [0.4, 0.5) is 10.2 Å². The summed E-state index contributed by atoms with van der Waals surface area (Å²) < 4.78 is 31.9. The minimum absolute atomic E-state index is 0.120. The molecular weight excluding hydrogens is 587 g/mol. The van der Waals surface area contributed by atoms with Gasteiger partial charge in [-0.05, 0) is 69.0 Å². The molecule has 7 rings (SSSR count). The minimum atomic E-state index is -0.410. The van der Waals surface area contributed by atoms with Gasteiger partial charge in [0.1, 0.15) is 24.0 Å². The number of aryl methyl sites for hydroxylation is 1. The number of halogens is 1. The molecule has 0 saturated carbocycles. The van der Waals surface area contributed by atoms with Crippen LogP contribution in [0, 0.1) is 5.82 Å². The van der Waals surface area contributed by atoms with Gasteiger partial charge in [-0.15, -0.1) is 0 Å². The highest BCUT2D eigenvalue weighted by molar-refractivity contribution is 6.01. The van der Waals surface area contributed by atoms with Crippen molar-refractivity contribution in [3.63, 3.8) is 0 Å². The Morgan fingerprint density at radius 2 is 1.93 bits per heavy atom. The predicted octanol–water partition coefficient (Wildman–Crippen LogP) is 5.39. The van der Waals surface area contributed by atoms with Crippen molar-refractivity contribution in [2.24, 2.45) is 0 Å². The van der Waals surface area contributed by atoms with E-state index in [2.05, 4.69) is 22.6 Å². The van der Waals surface area contributed by atoms with Gasteiger partial charge in [-0.1, -0.05) is 26.5 Å². The summed E-state index contributed by atoms with van der Waals surface area (Å²) in [6.45, 7) is 13.7. The van der Waals surface area contributed by atoms with E-state index in [1.807, 2.05) is 40.0 Å². The molecule has 10 nitrogen and oxygen atoms in total. The van der Waals surface area contributed by atoms with Gasteiger partial charge in [0.05, 0.1) is 30.3 Å². The van der Waals surface area contributed by atoms with Gasteiger partial charge in [0.25, 0.3) is 0 Å². The van der Waals surface area contributed by atoms with Gasteiger partial charge >= 0.3 is 5.69 Å². The number of anilines is 1. The zero-order valence-corrected chi connectivity index (χ0v) is 26.9. The number of amides is 1. The largest absolute Gasteiger partial charge is 0.493 e. The van der Waals surface area contributed by atoms with Crippen molar-refractivity contribution < 1.29 is 18.7 Å². The Morgan fingerprint density at radius 1 is 1.11 bits per heavy atom. The third-order valence-electron chi connectivity index (χ3n) is 9.01. The summed E-state index contributed by atoms with van der Waals surface area (Å²) in [5, 5.41) is 5.12. The van der Waals surface area contributed by atoms with E-state index in [0.717, 1.165) is 23.8 Å². The van der Waals surface area contributed by atoms with Gasteiger partial charge in [-0.3, -0.25) is 14.0 Å². The van der Waals surface area contributed by atoms with Crippen LogP contribution in [0.5, 0.6) is 11.5 Å². The highest BCUT2D eigenvalue weighted by Crippen LogP contribution is 2.49. The van der Waals surface area contributed by atoms with E-state index in [1.165, 1.54) is 12.1 Å². The molecule has 0 spiro atoms. The molecular formula is C35H41FN6O4. The number of hydrogen-bond donors (Lipinski definition) is 0. The number of hydrogen-bond acceptors (Lipinski definition) is 7. The molecule has 2 aromatic heterocycles. The Kier molecular flexibility index (Phi) is 8.84. The SMILES string of the molecule is C=CC(=O)N1C[C@H](C)N(c2nc(=O)n3c4c(c5c(cc24)CCCCOc2cccc(F)c2-5)OC[C@@H]3Cn2cccn2)C[C@H]1C.CC. The highest BCUT2D eigenvalue weighted by atomic mass is 19.1. The van der Waals surface area contributed by atoms with Crippen LogP contribution in [0.1, 0.15) is 52.1 Å². The number of carbonyl (C=O) groups excluding carboxylic acids is 1. The maximum atomic E-state index is 15.8. The number of fused-ring (bicyclic) bond motifs is 4. The van der Waals surface area contributed by atoms with Crippen molar-refractivity contribution in [2.45, 2.75) is 71.6 Å². The lowest BCUT2D eigenvalue weighted by molar-refractivity contribution is -0.128. The molecule has 0 bridgehead atoms. The van der Waals surface area contributed by atoms with Crippen LogP contribution >= 0.6 is 0 Å². The molecule has 0 radical (unpaired) electrons. The number of nitrogens with zero attached hydrogens (tertiary/aromatic N) is 6. The summed E-state index contributed by atoms with van der Waals surface area (Å²) in [5.74, 6) is 0.942. The van der Waals surface area contributed by atoms with E-state index < -0.39 is 11.5 Å². The van der Waals surface area contributed by atoms with Crippen molar-refractivity contribution in [2.75, 3.05) is 31.2 Å². The number of piperazine rings is 1. The smallest absolute Gasteiger partial charge is 0.350 e. The maximum Gasteiger partial charge on any atom is 0.350 e. The fourth-order valence-electron chi connectivity index (χ4n) is 6.91. The van der Waals surface area contributed by atoms with E-state index in [-0.39, 0.29) is 30.6 Å². The highest BCUT2D eigenvalue weighted by Gasteiger charge is 2.37. The second-order valence-electron chi connectivity index (χ2n) is 11.9. The molecule has 46 heavy (non-hydrogen) atoms. The van der Waals surface area contributed by atoms with Gasteiger partial charge in [-0.25, -0.2) is 9.18 Å². The van der Waals surface area contributed by atoms with Gasteiger partial charge in [-0.2, -0.15) is 10.1 Å². The zero-order chi connectivity index (χ0) is 32.5. The van der Waals surface area contributed by atoms with Crippen molar-refractivity contribution in [1.29, 1.82) is 0 Å². The lowest BCUT2D eigenvalue weighted by Crippen LogP contribution is -2.58. The first kappa shape index (κ1) is 31.3. The Balaban J connectivity index is 0.00000182. The fourth-order valence-corrected chi connectivity index (χ4v) is 6.91. The lowest BCUT2D eigenvalue weighted by Gasteiger charge is -2.45. The monoisotopic (exact) mass is 628 g/mol. The summed E-state index contributed by atoms with van der Waals surface area (Å²) >= 11 is 0. The molecule has 242 valence electrons. The number of carbonyl (C=O) groups is 1. The predicted molar refractivity (Wildman–Crippen MR) is 176 cm³/mol. The normalized spacial score (nSPS) is 20.5. The first-order valence-corrected chi connectivity index (χ1v) is 16.2. The Hall–Kier alpha value is -4.67. The second kappa shape index (κ2) is 13.0. The standard InChI is InChI=1S/C33H35FN6O4.C2H6/c1-4-27(41)38-16-21(3)39(17-20(38)2)32-24-15-22-9-5-6-14-43-26-11-7-10-25(34)29(26)28(22)31-30(24)40(33(42)36-32)23(19-44-31)18-37-13-8-12-35-37;1-2/h4,7-8,10-13,15,20-21,23H,1,5-6,9,14,16-19H2,2-3H3;1-2H3/t20-,21+,23+;/m1./s1. The summed E-state index contributed by atoms with van der Waals surface area (Å²) in [4.78, 5) is 35.3. The first-order valence-electron chi connectivity index (χ1n) is 16.2. The number of aromatic nitrogens is 4. The Labute approximate surface area is 268 Å². The third kappa shape index (κ3) is 5.41. The molecule has 1 amide bonds. The molecule has 4 aromatic rings. The van der Waals surface area contributed by atoms with E-state index in [0.29, 0.717) is 66.6 Å². The van der Waals surface area contributed by atoms with Crippen LogP contribution in [-0.4, -0.2) is 68.5 Å². The molecule has 1 saturated heterocycles. The molecule has 3 atom stereocenters. The van der Waals surface area contributed by atoms with Gasteiger partial charge in [0.2, 0.25) is 5.91 Å². The van der Waals surface area contributed by atoms with Gasteiger partial charge in [0, 0.05) is 48.5 Å². The third-order valence-corrected chi connectivity index (χ3v) is 9.01. The average Bonchev–Trinajstić information content (AvgIpc) is 3.60. The Morgan fingerprint density at radius 3 is 2.70 bits per heavy atom. The molecule has 1 fully saturated rings. The van der Waals surface area contributed by atoms with Crippen LogP contribution in [0.15, 0.2) is 60.2 Å². The lowest BCUT2D eigenvalue weighted by atomic mass is 9.91. The van der Waals surface area contributed by atoms with Crippen molar-refractivity contribution in [3.05, 3.63) is 77.2 Å². The van der Waals surface area contributed by atoms with Gasteiger partial charge < -0.3 is 19.3 Å². The molecule has 0 aliphatic carbocycles. The van der Waals surface area contributed by atoms with Crippen molar-refractivity contribution >= 4 is 22.6 Å². The van der Waals surface area contributed by atoms with E-state index in [9.17, 15) is 9.59 Å². The van der Waals surface area contributed by atoms with Crippen LogP contribution in [0.25, 0.3) is 22.0 Å². The topological polar surface area (TPSA) is 94.7 Å². The first-order chi connectivity index (χ1) is 22.4. The van der Waals surface area contributed by atoms with Gasteiger partial charge in [0.15, 0.2) is 5.75 Å². The molecule has 0 N–H and O–H groups in total. The molecule has 3 aliphatic rings. The Bertz CT molecular complexity index is 1820. The van der Waals surface area contributed by atoms with Crippen LogP contribution in [0.3, 0.4) is 0 Å². The summed E-state index contributed by atoms with van der Waals surface area (Å²) in [6, 6.07) is 8.13. The zero-order valence-electron chi connectivity index (χ0n) is 26.9. The van der Waals surface area contributed by atoms with Crippen LogP contribution < -0.4 is 20.1 Å². The maximum absolute atomic E-state index is 15.8. The molecule has 3 aliphatic heterocycles. The molecule has 0 unspecified atom stereocenters. The average molecular weight is 629 g/mol. The van der Waals surface area contributed by atoms with E-state index in [1.54, 1.807) is 32.5 Å². The summed E-state index contributed by atoms with van der Waals surface area (Å²) in [6.07, 6.45) is 7.22. The minimum Gasteiger partial charge on any atom is -0.493 e. The molecule has 2 aromatic carbocycles. The van der Waals surface area contributed by atoms with Crippen molar-refractivity contribution in [3.8, 4) is 22.6 Å². The summed E-state index contributed by atoms with van der Waals surface area (Å²) in [5.41, 5.74) is 2.07. The quantitative estimate of drug-likeness (QED) is 0.280. The van der Waals surface area contributed by atoms with Crippen molar-refractivity contribution in [1.82, 2.24) is 24.2 Å². The van der Waals surface area contributed by atoms with E-state index in [4.69, 9.17) is 14.5 Å². The number of benzene rings is 2. The van der Waals surface area contributed by atoms with Crippen LogP contribution in [0.2, 0.25) is 0 Å². The van der Waals surface area contributed by atoms with Crippen LogP contribution in [-0.2, 0) is 17.8 Å². The summed E-state index contributed by atoms with van der Waals surface area (Å²) in [7, 11) is 0. The fraction of sp³-hybridized carbons (Fsp3) is 0.429. The second-order valence-corrected chi connectivity index (χ2v) is 11.9. The molecule has 5 heterocycles. The van der Waals surface area contributed by atoms with E-state index >= 15 is 4.39 Å². The number of ether oxygens (including phenoxy) is 2.